The summed E-state index contributed by atoms with van der Waals surface area (Å²) >= 11 is 12.4. The first-order valence-corrected chi connectivity index (χ1v) is 11.9. The highest BCUT2D eigenvalue weighted by Gasteiger charge is 2.35. The predicted octanol–water partition coefficient (Wildman–Crippen LogP) is 4.33. The lowest BCUT2D eigenvalue weighted by molar-refractivity contribution is 0.0688. The van der Waals surface area contributed by atoms with Crippen LogP contribution in [0.1, 0.15) is 27.3 Å². The zero-order valence-corrected chi connectivity index (χ0v) is 18.9. The summed E-state index contributed by atoms with van der Waals surface area (Å²) in [7, 11) is -3.65. The number of fused-ring (bicyclic) bond motifs is 1. The molecule has 0 radical (unpaired) electrons. The highest BCUT2D eigenvalue weighted by atomic mass is 35.5. The van der Waals surface area contributed by atoms with Gasteiger partial charge in [-0.25, -0.2) is 22.3 Å². The third-order valence-corrected chi connectivity index (χ3v) is 6.72. The number of sulfonamides is 1. The summed E-state index contributed by atoms with van der Waals surface area (Å²) in [5.74, 6) is -1.72. The molecule has 32 heavy (non-hydrogen) atoms. The van der Waals surface area contributed by atoms with E-state index in [1.165, 1.54) is 35.0 Å². The van der Waals surface area contributed by atoms with Crippen molar-refractivity contribution in [3.05, 3.63) is 80.8 Å². The van der Waals surface area contributed by atoms with E-state index in [0.29, 0.717) is 27.5 Å². The van der Waals surface area contributed by atoms with Gasteiger partial charge in [0.25, 0.3) is 0 Å². The lowest BCUT2D eigenvalue weighted by Crippen LogP contribution is -2.35. The summed E-state index contributed by atoms with van der Waals surface area (Å²) in [6.45, 7) is -0.194. The van der Waals surface area contributed by atoms with E-state index in [1.807, 2.05) is 0 Å². The van der Waals surface area contributed by atoms with E-state index >= 15 is 0 Å². The lowest BCUT2D eigenvalue weighted by atomic mass is 9.99. The first kappa shape index (κ1) is 22.5. The number of hydrogen-bond donors (Lipinski definition) is 1. The Morgan fingerprint density at radius 1 is 1.16 bits per heavy atom. The Hall–Kier alpha value is -2.72. The van der Waals surface area contributed by atoms with Gasteiger partial charge in [-0.1, -0.05) is 35.3 Å². The molecule has 0 saturated carbocycles. The van der Waals surface area contributed by atoms with Gasteiger partial charge in [0.05, 0.1) is 22.7 Å². The summed E-state index contributed by atoms with van der Waals surface area (Å²) in [5.41, 5.74) is 1.83. The quantitative estimate of drug-likeness (QED) is 0.581. The molecule has 0 amide bonds. The number of halogens is 3. The lowest BCUT2D eigenvalue weighted by Gasteiger charge is -2.28. The van der Waals surface area contributed by atoms with Crippen molar-refractivity contribution < 1.29 is 22.7 Å². The number of aromatic nitrogens is 2. The van der Waals surface area contributed by atoms with E-state index in [4.69, 9.17) is 23.2 Å². The van der Waals surface area contributed by atoms with Crippen LogP contribution in [0.3, 0.4) is 0 Å². The minimum atomic E-state index is -3.65. The van der Waals surface area contributed by atoms with E-state index in [1.54, 1.807) is 18.2 Å². The van der Waals surface area contributed by atoms with Crippen LogP contribution in [0, 0.1) is 5.82 Å². The van der Waals surface area contributed by atoms with Crippen molar-refractivity contribution in [3.8, 4) is 5.69 Å². The predicted molar refractivity (Wildman–Crippen MR) is 120 cm³/mol. The fourth-order valence-electron chi connectivity index (χ4n) is 3.53. The number of carbonyl (C=O) groups is 1. The molecule has 166 valence electrons. The van der Waals surface area contributed by atoms with E-state index in [-0.39, 0.29) is 29.4 Å². The summed E-state index contributed by atoms with van der Waals surface area (Å²) in [6, 6.07) is 10.3. The molecular formula is C21H16Cl2FN3O4S. The Balaban J connectivity index is 2.01. The van der Waals surface area contributed by atoms with Crippen molar-refractivity contribution in [3.63, 3.8) is 0 Å². The molecule has 0 saturated heterocycles. The zero-order valence-electron chi connectivity index (χ0n) is 16.6. The zero-order chi connectivity index (χ0) is 23.2. The van der Waals surface area contributed by atoms with E-state index in [2.05, 4.69) is 5.10 Å². The molecule has 0 spiro atoms. The van der Waals surface area contributed by atoms with E-state index < -0.39 is 21.8 Å². The van der Waals surface area contributed by atoms with Gasteiger partial charge in [0.15, 0.2) is 5.69 Å². The van der Waals surface area contributed by atoms with Crippen LogP contribution in [-0.2, 0) is 16.6 Å². The number of carboxylic acid groups (broad SMARTS) is 1. The van der Waals surface area contributed by atoms with Crippen molar-refractivity contribution in [1.82, 2.24) is 14.1 Å². The molecule has 0 bridgehead atoms. The molecule has 1 N–H and O–H groups in total. The highest BCUT2D eigenvalue weighted by molar-refractivity contribution is 7.88. The second-order valence-electron chi connectivity index (χ2n) is 7.24. The van der Waals surface area contributed by atoms with Gasteiger partial charge in [-0.3, -0.25) is 0 Å². The smallest absolute Gasteiger partial charge is 0.356 e. The molecule has 1 aromatic heterocycles. The van der Waals surface area contributed by atoms with Gasteiger partial charge < -0.3 is 5.11 Å². The van der Waals surface area contributed by atoms with Crippen molar-refractivity contribution >= 4 is 50.8 Å². The topological polar surface area (TPSA) is 92.5 Å². The Kier molecular flexibility index (Phi) is 5.85. The molecule has 2 heterocycles. The Morgan fingerprint density at radius 2 is 1.84 bits per heavy atom. The van der Waals surface area contributed by atoms with E-state index in [9.17, 15) is 22.7 Å². The number of aromatic carboxylic acids is 1. The van der Waals surface area contributed by atoms with Crippen LogP contribution >= 0.6 is 23.2 Å². The van der Waals surface area contributed by atoms with Gasteiger partial charge in [-0.2, -0.15) is 9.40 Å². The fraction of sp³-hybridized carbons (Fsp3) is 0.143. The van der Waals surface area contributed by atoms with Crippen LogP contribution in [0.4, 0.5) is 4.39 Å². The van der Waals surface area contributed by atoms with Crippen molar-refractivity contribution in [2.45, 2.75) is 6.54 Å². The molecule has 11 heteroatoms. The molecule has 3 aromatic rings. The molecule has 7 nitrogen and oxygen atoms in total. The summed E-state index contributed by atoms with van der Waals surface area (Å²) in [6.07, 6.45) is 2.72. The summed E-state index contributed by atoms with van der Waals surface area (Å²) in [4.78, 5) is 12.0. The van der Waals surface area contributed by atoms with Gasteiger partial charge >= 0.3 is 5.97 Å². The SMILES string of the molecule is CS(=O)(=O)N1C/C(=C\c2ccc(F)cc2)c2c(c(C(=O)O)nn2-c2ccc(Cl)cc2Cl)C1. The molecule has 1 aliphatic rings. The van der Waals surface area contributed by atoms with Crippen molar-refractivity contribution in [2.24, 2.45) is 0 Å². The molecule has 2 aromatic carbocycles. The standard InChI is InChI=1S/C21H16Cl2FN3O4S/c1-32(30,31)26-10-13(8-12-2-5-15(24)6-3-12)20-16(11-26)19(21(28)29)25-27(20)18-7-4-14(22)9-17(18)23/h2-9H,10-11H2,1H3,(H,28,29)/b13-8+. The normalized spacial score (nSPS) is 15.7. The van der Waals surface area contributed by atoms with Gasteiger partial charge in [0, 0.05) is 23.7 Å². The summed E-state index contributed by atoms with van der Waals surface area (Å²) < 4.78 is 40.6. The Labute approximate surface area is 193 Å². The van der Waals surface area contributed by atoms with Crippen molar-refractivity contribution in [2.75, 3.05) is 12.8 Å². The average Bonchev–Trinajstić information content (AvgIpc) is 3.09. The molecular weight excluding hydrogens is 480 g/mol. The minimum absolute atomic E-state index is 0.0286. The average molecular weight is 496 g/mol. The maximum absolute atomic E-state index is 13.4. The van der Waals surface area contributed by atoms with Crippen LogP contribution in [-0.4, -0.2) is 46.4 Å². The van der Waals surface area contributed by atoms with Gasteiger partial charge in [0.1, 0.15) is 5.82 Å². The van der Waals surface area contributed by atoms with Crippen LogP contribution in [0.25, 0.3) is 17.3 Å². The summed E-state index contributed by atoms with van der Waals surface area (Å²) in [5, 5.41) is 14.6. The molecule has 0 atom stereocenters. The van der Waals surface area contributed by atoms with E-state index in [0.717, 1.165) is 10.6 Å². The number of nitrogens with zero attached hydrogens (tertiary/aromatic N) is 3. The third kappa shape index (κ3) is 4.29. The van der Waals surface area contributed by atoms with Crippen molar-refractivity contribution in [1.29, 1.82) is 0 Å². The largest absolute Gasteiger partial charge is 0.476 e. The maximum Gasteiger partial charge on any atom is 0.356 e. The minimum Gasteiger partial charge on any atom is -0.476 e. The number of benzene rings is 2. The van der Waals surface area contributed by atoms with Crippen LogP contribution in [0.15, 0.2) is 42.5 Å². The first-order chi connectivity index (χ1) is 15.0. The van der Waals surface area contributed by atoms with Crippen LogP contribution in [0.5, 0.6) is 0 Å². The molecule has 1 aliphatic heterocycles. The second-order valence-corrected chi connectivity index (χ2v) is 10.1. The number of carboxylic acids is 1. The van der Waals surface area contributed by atoms with Gasteiger partial charge in [-0.15, -0.1) is 0 Å². The highest BCUT2D eigenvalue weighted by Crippen LogP contribution is 2.36. The first-order valence-electron chi connectivity index (χ1n) is 9.27. The second kappa shape index (κ2) is 8.32. The number of rotatable bonds is 4. The van der Waals surface area contributed by atoms with Gasteiger partial charge in [0.2, 0.25) is 10.0 Å². The molecule has 0 fully saturated rings. The molecule has 0 aliphatic carbocycles. The number of hydrogen-bond acceptors (Lipinski definition) is 4. The third-order valence-electron chi connectivity index (χ3n) is 4.99. The van der Waals surface area contributed by atoms with Crippen LogP contribution in [0.2, 0.25) is 10.0 Å². The Bertz CT molecular complexity index is 1370. The molecule has 0 unspecified atom stereocenters. The van der Waals surface area contributed by atoms with Crippen LogP contribution < -0.4 is 0 Å². The fourth-order valence-corrected chi connectivity index (χ4v) is 4.76. The van der Waals surface area contributed by atoms with Gasteiger partial charge in [-0.05, 0) is 47.5 Å². The monoisotopic (exact) mass is 495 g/mol. The Morgan fingerprint density at radius 3 is 2.44 bits per heavy atom. The maximum atomic E-state index is 13.4. The molecule has 4 rings (SSSR count).